The van der Waals surface area contributed by atoms with Crippen LogP contribution >= 0.6 is 0 Å². The Labute approximate surface area is 110 Å². The molecule has 0 bridgehead atoms. The maximum atomic E-state index is 11.9. The fourth-order valence-electron chi connectivity index (χ4n) is 1.96. The minimum atomic E-state index is -0.854. The molecule has 1 aliphatic heterocycles. The van der Waals surface area contributed by atoms with E-state index in [2.05, 4.69) is 15.5 Å². The number of nitrogens with zero attached hydrogens (tertiary/aromatic N) is 1. The van der Waals surface area contributed by atoms with Crippen molar-refractivity contribution in [3.8, 4) is 17.0 Å². The number of carbonyl (C=O) groups is 1. The number of rotatable bonds is 1. The minimum absolute atomic E-state index is 0.165. The van der Waals surface area contributed by atoms with Crippen molar-refractivity contribution in [3.05, 3.63) is 24.3 Å². The molecule has 0 fully saturated rings. The van der Waals surface area contributed by atoms with Crippen LogP contribution in [-0.4, -0.2) is 21.7 Å². The number of hydrogen-bond donors (Lipinski definition) is 3. The highest BCUT2D eigenvalue weighted by Crippen LogP contribution is 2.36. The lowest BCUT2D eigenvalue weighted by Gasteiger charge is -2.31. The predicted octanol–water partition coefficient (Wildman–Crippen LogP) is 1.77. The normalized spacial score (nSPS) is 16.4. The zero-order valence-electron chi connectivity index (χ0n) is 10.7. The first kappa shape index (κ1) is 11.6. The Balaban J connectivity index is 2.02. The van der Waals surface area contributed by atoms with Gasteiger partial charge in [-0.3, -0.25) is 9.89 Å². The molecule has 0 saturated carbocycles. The highest BCUT2D eigenvalue weighted by Gasteiger charge is 2.35. The number of aromatic amines is 1. The molecule has 3 rings (SSSR count). The van der Waals surface area contributed by atoms with E-state index in [0.29, 0.717) is 17.3 Å². The van der Waals surface area contributed by atoms with Gasteiger partial charge in [-0.2, -0.15) is 5.10 Å². The van der Waals surface area contributed by atoms with E-state index in [1.807, 2.05) is 18.2 Å². The highest BCUT2D eigenvalue weighted by molar-refractivity contribution is 6.00. The van der Waals surface area contributed by atoms with Gasteiger partial charge in [0, 0.05) is 11.6 Å². The van der Waals surface area contributed by atoms with Gasteiger partial charge in [0.25, 0.3) is 5.91 Å². The van der Waals surface area contributed by atoms with Crippen LogP contribution in [-0.2, 0) is 4.79 Å². The monoisotopic (exact) mass is 258 g/mol. The molecule has 98 valence electrons. The summed E-state index contributed by atoms with van der Waals surface area (Å²) >= 11 is 0. The third-order valence-electron chi connectivity index (χ3n) is 3.05. The van der Waals surface area contributed by atoms with Crippen molar-refractivity contribution in [2.24, 2.45) is 0 Å². The van der Waals surface area contributed by atoms with Gasteiger partial charge in [-0.25, -0.2) is 0 Å². The first-order chi connectivity index (χ1) is 8.95. The Hall–Kier alpha value is -2.50. The summed E-state index contributed by atoms with van der Waals surface area (Å²) in [5, 5.41) is 9.54. The van der Waals surface area contributed by atoms with Gasteiger partial charge in [-0.1, -0.05) is 0 Å². The molecular weight excluding hydrogens is 244 g/mol. The van der Waals surface area contributed by atoms with Crippen LogP contribution in [0.15, 0.2) is 24.3 Å². The van der Waals surface area contributed by atoms with Gasteiger partial charge in [-0.05, 0) is 32.0 Å². The number of ether oxygens (including phenoxy) is 1. The van der Waals surface area contributed by atoms with Crippen molar-refractivity contribution >= 4 is 17.4 Å². The van der Waals surface area contributed by atoms with E-state index in [9.17, 15) is 4.79 Å². The summed E-state index contributed by atoms with van der Waals surface area (Å²) in [5.41, 5.74) is 7.04. The molecule has 0 atom stereocenters. The Morgan fingerprint density at radius 3 is 2.79 bits per heavy atom. The van der Waals surface area contributed by atoms with E-state index in [1.165, 1.54) is 0 Å². The van der Waals surface area contributed by atoms with Crippen molar-refractivity contribution < 1.29 is 9.53 Å². The summed E-state index contributed by atoms with van der Waals surface area (Å²) in [5.74, 6) is 0.913. The second-order valence-corrected chi connectivity index (χ2v) is 4.98. The number of nitrogen functional groups attached to an aromatic ring is 1. The zero-order valence-corrected chi connectivity index (χ0v) is 10.7. The number of anilines is 2. The van der Waals surface area contributed by atoms with Gasteiger partial charge >= 0.3 is 0 Å². The van der Waals surface area contributed by atoms with Crippen LogP contribution in [0.4, 0.5) is 11.5 Å². The molecular formula is C13H14N4O2. The summed E-state index contributed by atoms with van der Waals surface area (Å²) in [6, 6.07) is 7.27. The Bertz CT molecular complexity index is 660. The van der Waals surface area contributed by atoms with E-state index in [-0.39, 0.29) is 5.91 Å². The van der Waals surface area contributed by atoms with Gasteiger partial charge < -0.3 is 15.8 Å². The summed E-state index contributed by atoms with van der Waals surface area (Å²) < 4.78 is 5.67. The molecule has 19 heavy (non-hydrogen) atoms. The molecule has 1 aromatic heterocycles. The predicted molar refractivity (Wildman–Crippen MR) is 71.8 cm³/mol. The number of nitrogens with two attached hydrogens (primary N) is 1. The van der Waals surface area contributed by atoms with Crippen LogP contribution < -0.4 is 15.8 Å². The smallest absolute Gasteiger partial charge is 0.268 e. The molecule has 2 heterocycles. The third-order valence-corrected chi connectivity index (χ3v) is 3.05. The van der Waals surface area contributed by atoms with E-state index in [0.717, 1.165) is 11.3 Å². The van der Waals surface area contributed by atoms with Gasteiger partial charge in [0.15, 0.2) is 5.60 Å². The molecule has 2 aromatic rings. The van der Waals surface area contributed by atoms with Crippen molar-refractivity contribution in [2.75, 3.05) is 11.1 Å². The number of benzene rings is 1. The minimum Gasteiger partial charge on any atom is -0.476 e. The van der Waals surface area contributed by atoms with E-state index in [4.69, 9.17) is 10.5 Å². The maximum absolute atomic E-state index is 11.9. The van der Waals surface area contributed by atoms with Crippen molar-refractivity contribution in [3.63, 3.8) is 0 Å². The summed E-state index contributed by atoms with van der Waals surface area (Å²) in [7, 11) is 0. The second kappa shape index (κ2) is 3.74. The van der Waals surface area contributed by atoms with E-state index >= 15 is 0 Å². The molecule has 0 spiro atoms. The largest absolute Gasteiger partial charge is 0.476 e. The van der Waals surface area contributed by atoms with Gasteiger partial charge in [0.1, 0.15) is 11.6 Å². The molecule has 0 saturated heterocycles. The topological polar surface area (TPSA) is 93.0 Å². The van der Waals surface area contributed by atoms with Gasteiger partial charge in [-0.15, -0.1) is 0 Å². The average molecular weight is 258 g/mol. The lowest BCUT2D eigenvalue weighted by atomic mass is 10.0. The van der Waals surface area contributed by atoms with Gasteiger partial charge in [0.2, 0.25) is 0 Å². The summed E-state index contributed by atoms with van der Waals surface area (Å²) in [6.07, 6.45) is 0. The first-order valence-corrected chi connectivity index (χ1v) is 5.91. The van der Waals surface area contributed by atoms with Crippen LogP contribution in [0.3, 0.4) is 0 Å². The van der Waals surface area contributed by atoms with Crippen LogP contribution in [0.5, 0.6) is 5.75 Å². The number of aromatic nitrogens is 2. The maximum Gasteiger partial charge on any atom is 0.268 e. The molecule has 6 nitrogen and oxygen atoms in total. The van der Waals surface area contributed by atoms with Crippen LogP contribution in [0.25, 0.3) is 11.3 Å². The molecule has 6 heteroatoms. The fraction of sp³-hybridized carbons (Fsp3) is 0.231. The van der Waals surface area contributed by atoms with E-state index < -0.39 is 5.60 Å². The van der Waals surface area contributed by atoms with Crippen molar-refractivity contribution in [1.82, 2.24) is 10.2 Å². The SMILES string of the molecule is CC1(C)Oc2ccc(-c3cc(N)n[nH]3)cc2NC1=O. The molecule has 0 unspecified atom stereocenters. The Kier molecular flexibility index (Phi) is 2.28. The Morgan fingerprint density at radius 2 is 2.11 bits per heavy atom. The lowest BCUT2D eigenvalue weighted by Crippen LogP contribution is -2.45. The number of hydrogen-bond acceptors (Lipinski definition) is 4. The van der Waals surface area contributed by atoms with Crippen molar-refractivity contribution in [1.29, 1.82) is 0 Å². The summed E-state index contributed by atoms with van der Waals surface area (Å²) in [4.78, 5) is 11.9. The molecule has 1 aliphatic rings. The van der Waals surface area contributed by atoms with Gasteiger partial charge in [0.05, 0.1) is 11.4 Å². The van der Waals surface area contributed by atoms with E-state index in [1.54, 1.807) is 19.9 Å². The van der Waals surface area contributed by atoms with Crippen molar-refractivity contribution in [2.45, 2.75) is 19.4 Å². The lowest BCUT2D eigenvalue weighted by molar-refractivity contribution is -0.129. The highest BCUT2D eigenvalue weighted by atomic mass is 16.5. The first-order valence-electron chi connectivity index (χ1n) is 5.91. The number of H-pyrrole nitrogens is 1. The fourth-order valence-corrected chi connectivity index (χ4v) is 1.96. The van der Waals surface area contributed by atoms with Crippen LogP contribution in [0.2, 0.25) is 0 Å². The zero-order chi connectivity index (χ0) is 13.6. The number of amides is 1. The molecule has 1 amide bonds. The average Bonchev–Trinajstić information content (AvgIpc) is 2.76. The summed E-state index contributed by atoms with van der Waals surface area (Å²) in [6.45, 7) is 3.46. The molecule has 0 aliphatic carbocycles. The number of fused-ring (bicyclic) bond motifs is 1. The van der Waals surface area contributed by atoms with Crippen LogP contribution in [0.1, 0.15) is 13.8 Å². The molecule has 4 N–H and O–H groups in total. The number of nitrogens with one attached hydrogen (secondary N) is 2. The van der Waals surface area contributed by atoms with Crippen LogP contribution in [0, 0.1) is 0 Å². The second-order valence-electron chi connectivity index (χ2n) is 4.98. The third kappa shape index (κ3) is 1.91. The quantitative estimate of drug-likeness (QED) is 0.726. The Morgan fingerprint density at radius 1 is 1.32 bits per heavy atom. The molecule has 1 aromatic carbocycles. The number of carbonyl (C=O) groups excluding carboxylic acids is 1. The molecule has 0 radical (unpaired) electrons. The standard InChI is InChI=1S/C13H14N4O2/c1-13(2)12(18)15-9-5-7(3-4-10(9)19-13)8-6-11(14)17-16-8/h3-6H,1-2H3,(H,15,18)(H3,14,16,17).